The highest BCUT2D eigenvalue weighted by Crippen LogP contribution is 2.33. The van der Waals surface area contributed by atoms with E-state index in [2.05, 4.69) is 12.1 Å². The normalized spacial score (nSPS) is 15.0. The Morgan fingerprint density at radius 3 is 2.18 bits per heavy atom. The lowest BCUT2D eigenvalue weighted by Gasteiger charge is -2.17. The number of hydrogen-bond donors (Lipinski definition) is 0. The van der Waals surface area contributed by atoms with Crippen LogP contribution < -0.4 is 4.90 Å². The van der Waals surface area contributed by atoms with Crippen LogP contribution in [0.25, 0.3) is 21.5 Å². The van der Waals surface area contributed by atoms with Crippen LogP contribution in [0.4, 0.5) is 5.69 Å². The van der Waals surface area contributed by atoms with Gasteiger partial charge in [-0.2, -0.15) is 0 Å². The van der Waals surface area contributed by atoms with Crippen molar-refractivity contribution in [2.75, 3.05) is 4.90 Å². The van der Waals surface area contributed by atoms with Crippen LogP contribution >= 0.6 is 0 Å². The summed E-state index contributed by atoms with van der Waals surface area (Å²) in [6.07, 6.45) is 1.39. The van der Waals surface area contributed by atoms with Crippen LogP contribution in [0.5, 0.6) is 0 Å². The van der Waals surface area contributed by atoms with Crippen molar-refractivity contribution in [3.8, 4) is 0 Å². The summed E-state index contributed by atoms with van der Waals surface area (Å²) in [5.74, 6) is -0.520. The molecule has 2 amide bonds. The highest BCUT2D eigenvalue weighted by atomic mass is 16.2. The summed E-state index contributed by atoms with van der Waals surface area (Å²) in [6.45, 7) is 1.67. The Morgan fingerprint density at radius 2 is 1.50 bits per heavy atom. The molecule has 3 aromatic carbocycles. The summed E-state index contributed by atoms with van der Waals surface area (Å²) in [5.41, 5.74) is 1.12. The van der Waals surface area contributed by atoms with Crippen LogP contribution in [0.2, 0.25) is 0 Å². The first-order valence-corrected chi connectivity index (χ1v) is 7.13. The van der Waals surface area contributed by atoms with Crippen molar-refractivity contribution in [1.29, 1.82) is 0 Å². The maximum atomic E-state index is 12.3. The first-order valence-electron chi connectivity index (χ1n) is 7.13. The quantitative estimate of drug-likeness (QED) is 0.504. The van der Waals surface area contributed by atoms with Gasteiger partial charge in [0.25, 0.3) is 11.8 Å². The van der Waals surface area contributed by atoms with E-state index < -0.39 is 0 Å². The Morgan fingerprint density at radius 1 is 0.818 bits per heavy atom. The first-order chi connectivity index (χ1) is 10.6. The predicted molar refractivity (Wildman–Crippen MR) is 87.7 cm³/mol. The fraction of sp³-hybridized carbons (Fsp3) is 0.0526. The van der Waals surface area contributed by atoms with Gasteiger partial charge in [0.05, 0.1) is 5.69 Å². The molecule has 0 atom stereocenters. The molecule has 0 aliphatic carbocycles. The van der Waals surface area contributed by atoms with Crippen LogP contribution in [-0.4, -0.2) is 11.8 Å². The molecule has 106 valence electrons. The highest BCUT2D eigenvalue weighted by molar-refractivity contribution is 6.32. The molecule has 3 heteroatoms. The number of amides is 2. The number of carbonyl (C=O) groups excluding carboxylic acids is 2. The average Bonchev–Trinajstić information content (AvgIpc) is 2.77. The minimum Gasteiger partial charge on any atom is -0.269 e. The monoisotopic (exact) mass is 287 g/mol. The van der Waals surface area contributed by atoms with E-state index in [1.54, 1.807) is 6.92 Å². The summed E-state index contributed by atoms with van der Waals surface area (Å²) in [7, 11) is 0. The second-order valence-corrected chi connectivity index (χ2v) is 5.50. The summed E-state index contributed by atoms with van der Waals surface area (Å²) >= 11 is 0. The van der Waals surface area contributed by atoms with Gasteiger partial charge < -0.3 is 0 Å². The summed E-state index contributed by atoms with van der Waals surface area (Å²) in [5, 5.41) is 4.15. The fourth-order valence-corrected chi connectivity index (χ4v) is 2.96. The molecule has 1 heterocycles. The second-order valence-electron chi connectivity index (χ2n) is 5.50. The van der Waals surface area contributed by atoms with Gasteiger partial charge in [0.2, 0.25) is 0 Å². The van der Waals surface area contributed by atoms with Gasteiger partial charge in [-0.15, -0.1) is 0 Å². The van der Waals surface area contributed by atoms with E-state index in [1.165, 1.54) is 11.0 Å². The van der Waals surface area contributed by atoms with E-state index >= 15 is 0 Å². The van der Waals surface area contributed by atoms with Crippen molar-refractivity contribution in [2.45, 2.75) is 6.92 Å². The van der Waals surface area contributed by atoms with E-state index in [1.807, 2.05) is 42.5 Å². The van der Waals surface area contributed by atoms with E-state index in [0.29, 0.717) is 11.3 Å². The molecule has 1 aliphatic heterocycles. The summed E-state index contributed by atoms with van der Waals surface area (Å²) in [6, 6.07) is 17.9. The third kappa shape index (κ3) is 1.76. The molecule has 0 spiro atoms. The average molecular weight is 287 g/mol. The number of nitrogens with zero attached hydrogens (tertiary/aromatic N) is 1. The van der Waals surface area contributed by atoms with E-state index in [4.69, 9.17) is 0 Å². The number of carbonyl (C=O) groups is 2. The van der Waals surface area contributed by atoms with Crippen molar-refractivity contribution < 1.29 is 9.59 Å². The van der Waals surface area contributed by atoms with Crippen LogP contribution in [0, 0.1) is 0 Å². The lowest BCUT2D eigenvalue weighted by Crippen LogP contribution is -2.30. The molecule has 0 aromatic heterocycles. The van der Waals surface area contributed by atoms with Crippen LogP contribution in [-0.2, 0) is 9.59 Å². The number of benzene rings is 3. The van der Waals surface area contributed by atoms with Gasteiger partial charge in [0.1, 0.15) is 0 Å². The molecule has 0 unspecified atom stereocenters. The van der Waals surface area contributed by atoms with E-state index in [0.717, 1.165) is 21.5 Å². The van der Waals surface area contributed by atoms with Gasteiger partial charge in [-0.05, 0) is 41.3 Å². The molecule has 0 N–H and O–H groups in total. The molecular weight excluding hydrogens is 274 g/mol. The zero-order valence-electron chi connectivity index (χ0n) is 12.0. The van der Waals surface area contributed by atoms with Gasteiger partial charge in [-0.3, -0.25) is 9.59 Å². The minimum absolute atomic E-state index is 0.245. The maximum absolute atomic E-state index is 12.3. The molecule has 3 nitrogen and oxygen atoms in total. The fourth-order valence-electron chi connectivity index (χ4n) is 2.96. The molecule has 1 aliphatic rings. The van der Waals surface area contributed by atoms with Crippen LogP contribution in [0.1, 0.15) is 6.92 Å². The zero-order valence-corrected chi connectivity index (χ0v) is 12.0. The summed E-state index contributed by atoms with van der Waals surface area (Å²) < 4.78 is 0. The Hall–Kier alpha value is -2.94. The van der Waals surface area contributed by atoms with Crippen molar-refractivity contribution >= 4 is 39.0 Å². The molecule has 0 bridgehead atoms. The third-order valence-corrected chi connectivity index (χ3v) is 4.07. The molecule has 0 saturated carbocycles. The van der Waals surface area contributed by atoms with Crippen LogP contribution in [0.3, 0.4) is 0 Å². The summed E-state index contributed by atoms with van der Waals surface area (Å²) in [4.78, 5) is 25.6. The van der Waals surface area contributed by atoms with E-state index in [-0.39, 0.29) is 11.8 Å². The second kappa shape index (κ2) is 4.53. The highest BCUT2D eigenvalue weighted by Gasteiger charge is 2.30. The SMILES string of the molecule is CC1=CC(=O)N(c2cccc3cc4ccccc4cc23)C1=O. The molecule has 22 heavy (non-hydrogen) atoms. The van der Waals surface area contributed by atoms with Gasteiger partial charge in [-0.1, -0.05) is 36.4 Å². The molecule has 0 radical (unpaired) electrons. The number of fused-ring (bicyclic) bond motifs is 2. The van der Waals surface area contributed by atoms with Crippen LogP contribution in [0.15, 0.2) is 66.2 Å². The van der Waals surface area contributed by atoms with E-state index in [9.17, 15) is 9.59 Å². The Bertz CT molecular complexity index is 985. The molecule has 0 saturated heterocycles. The lowest BCUT2D eigenvalue weighted by atomic mass is 10.0. The topological polar surface area (TPSA) is 37.4 Å². The number of rotatable bonds is 1. The Labute approximate surface area is 127 Å². The van der Waals surface area contributed by atoms with Gasteiger partial charge >= 0.3 is 0 Å². The third-order valence-electron chi connectivity index (χ3n) is 4.07. The van der Waals surface area contributed by atoms with Gasteiger partial charge in [-0.25, -0.2) is 4.90 Å². The molecule has 4 rings (SSSR count). The van der Waals surface area contributed by atoms with Crippen molar-refractivity contribution in [3.63, 3.8) is 0 Å². The number of hydrogen-bond acceptors (Lipinski definition) is 2. The predicted octanol–water partition coefficient (Wildman–Crippen LogP) is 3.81. The standard InChI is InChI=1S/C19H13NO2/c1-12-9-18(21)20(19(12)22)17-8-4-7-15-10-13-5-2-3-6-14(13)11-16(15)17/h2-11H,1H3. The van der Waals surface area contributed by atoms with Gasteiger partial charge in [0.15, 0.2) is 0 Å². The lowest BCUT2D eigenvalue weighted by molar-refractivity contribution is -0.120. The Kier molecular flexibility index (Phi) is 2.63. The number of anilines is 1. The maximum Gasteiger partial charge on any atom is 0.261 e. The zero-order chi connectivity index (χ0) is 15.3. The van der Waals surface area contributed by atoms with Crippen molar-refractivity contribution in [1.82, 2.24) is 0 Å². The minimum atomic E-state index is -0.275. The molecule has 3 aromatic rings. The number of imide groups is 1. The molecule has 0 fully saturated rings. The largest absolute Gasteiger partial charge is 0.269 e. The van der Waals surface area contributed by atoms with Crippen molar-refractivity contribution in [3.05, 3.63) is 66.2 Å². The smallest absolute Gasteiger partial charge is 0.261 e. The molecular formula is C19H13NO2. The Balaban J connectivity index is 2.01. The van der Waals surface area contributed by atoms with Crippen molar-refractivity contribution in [2.24, 2.45) is 0 Å². The van der Waals surface area contributed by atoms with Gasteiger partial charge in [0, 0.05) is 17.0 Å². The first kappa shape index (κ1) is 12.8.